The van der Waals surface area contributed by atoms with Gasteiger partial charge in [-0.1, -0.05) is 13.8 Å². The first-order valence-corrected chi connectivity index (χ1v) is 11.5. The molecular weight excluding hydrogens is 434 g/mol. The van der Waals surface area contributed by atoms with Gasteiger partial charge in [0, 0.05) is 30.5 Å². The van der Waals surface area contributed by atoms with Crippen molar-refractivity contribution in [3.8, 4) is 17.2 Å². The lowest BCUT2D eigenvalue weighted by Crippen LogP contribution is -2.43. The fraction of sp³-hybridized carbons (Fsp3) is 0.407. The van der Waals surface area contributed by atoms with Crippen LogP contribution in [0.3, 0.4) is 0 Å². The smallest absolute Gasteiger partial charge is 0.336 e. The molecule has 1 amide bonds. The van der Waals surface area contributed by atoms with Gasteiger partial charge in [-0.3, -0.25) is 4.79 Å². The molecule has 2 heterocycles. The fourth-order valence-corrected chi connectivity index (χ4v) is 4.54. The number of hydrogen-bond donors (Lipinski definition) is 0. The third-order valence-corrected chi connectivity index (χ3v) is 6.24. The topological polar surface area (TPSA) is 78.2 Å². The molecule has 0 bridgehead atoms. The largest absolute Gasteiger partial charge is 0.493 e. The zero-order chi connectivity index (χ0) is 24.4. The molecule has 180 valence electrons. The Bertz CT molecular complexity index is 1260. The molecule has 0 N–H and O–H groups in total. The van der Waals surface area contributed by atoms with E-state index in [0.717, 1.165) is 28.5 Å². The second-order valence-corrected chi connectivity index (χ2v) is 9.07. The summed E-state index contributed by atoms with van der Waals surface area (Å²) >= 11 is 0. The first kappa shape index (κ1) is 23.7. The Morgan fingerprint density at radius 2 is 1.85 bits per heavy atom. The maximum absolute atomic E-state index is 13.1. The number of carbonyl (C=O) groups excluding carboxylic acids is 1. The van der Waals surface area contributed by atoms with Crippen LogP contribution in [0.1, 0.15) is 43.0 Å². The predicted octanol–water partition coefficient (Wildman–Crippen LogP) is 4.67. The quantitative estimate of drug-likeness (QED) is 0.472. The zero-order valence-corrected chi connectivity index (χ0v) is 20.3. The van der Waals surface area contributed by atoms with Gasteiger partial charge in [-0.25, -0.2) is 4.79 Å². The summed E-state index contributed by atoms with van der Waals surface area (Å²) in [5, 5.41) is 0.862. The molecule has 1 aliphatic rings. The summed E-state index contributed by atoms with van der Waals surface area (Å²) < 4.78 is 22.6. The molecule has 4 rings (SSSR count). The molecule has 0 saturated heterocycles. The van der Waals surface area contributed by atoms with E-state index in [9.17, 15) is 9.59 Å². The highest BCUT2D eigenvalue weighted by molar-refractivity contribution is 5.81. The third kappa shape index (κ3) is 4.74. The first-order chi connectivity index (χ1) is 16.3. The van der Waals surface area contributed by atoms with Gasteiger partial charge in [-0.05, 0) is 60.2 Å². The monoisotopic (exact) mass is 465 g/mol. The van der Waals surface area contributed by atoms with Crippen LogP contribution in [0.15, 0.2) is 45.6 Å². The molecule has 34 heavy (non-hydrogen) atoms. The Balaban J connectivity index is 1.68. The van der Waals surface area contributed by atoms with Gasteiger partial charge >= 0.3 is 5.63 Å². The number of benzene rings is 2. The minimum atomic E-state index is -0.394. The van der Waals surface area contributed by atoms with Crippen LogP contribution >= 0.6 is 0 Å². The van der Waals surface area contributed by atoms with Crippen molar-refractivity contribution >= 4 is 16.9 Å². The molecular formula is C27H31NO6. The van der Waals surface area contributed by atoms with E-state index >= 15 is 0 Å². The highest BCUT2D eigenvalue weighted by Crippen LogP contribution is 2.39. The fourth-order valence-electron chi connectivity index (χ4n) is 4.54. The molecule has 0 radical (unpaired) electrons. The van der Waals surface area contributed by atoms with Gasteiger partial charge in [0.25, 0.3) is 0 Å². The Hall–Kier alpha value is -3.48. The first-order valence-electron chi connectivity index (χ1n) is 11.5. The van der Waals surface area contributed by atoms with Crippen LogP contribution < -0.4 is 19.8 Å². The lowest BCUT2D eigenvalue weighted by Gasteiger charge is -2.38. The van der Waals surface area contributed by atoms with Crippen LogP contribution in [0.25, 0.3) is 11.0 Å². The molecule has 3 aromatic rings. The molecule has 0 unspecified atom stereocenters. The molecule has 1 atom stereocenters. The summed E-state index contributed by atoms with van der Waals surface area (Å²) in [6, 6.07) is 10.6. The lowest BCUT2D eigenvalue weighted by atomic mass is 9.91. The maximum Gasteiger partial charge on any atom is 0.336 e. The standard InChI is InChI=1S/C27H31NO6/c1-16(2)10-26(29)28-9-8-18-12-24(31-4)25(32-5)14-21(18)22(28)15-33-19-6-7-20-17(3)11-27(30)34-23(20)13-19/h6-7,11-14,16,22H,8-10,15H2,1-5H3/t22-/m0/s1. The van der Waals surface area contributed by atoms with Crippen molar-refractivity contribution < 1.29 is 23.4 Å². The number of fused-ring (bicyclic) bond motifs is 2. The number of methoxy groups -OCH3 is 2. The molecule has 7 nitrogen and oxygen atoms in total. The average molecular weight is 466 g/mol. The van der Waals surface area contributed by atoms with E-state index in [-0.39, 0.29) is 24.5 Å². The predicted molar refractivity (Wildman–Crippen MR) is 130 cm³/mol. The van der Waals surface area contributed by atoms with Crippen molar-refractivity contribution in [3.63, 3.8) is 0 Å². The van der Waals surface area contributed by atoms with Crippen LogP contribution in [0.4, 0.5) is 0 Å². The molecule has 1 aromatic heterocycles. The van der Waals surface area contributed by atoms with Crippen LogP contribution in [-0.4, -0.2) is 38.2 Å². The van der Waals surface area contributed by atoms with Crippen molar-refractivity contribution in [2.45, 2.75) is 39.7 Å². The summed E-state index contributed by atoms with van der Waals surface area (Å²) in [6.07, 6.45) is 1.20. The average Bonchev–Trinajstić information content (AvgIpc) is 2.80. The van der Waals surface area contributed by atoms with E-state index in [1.807, 2.05) is 49.9 Å². The number of nitrogens with zero attached hydrogens (tertiary/aromatic N) is 1. The van der Waals surface area contributed by atoms with Crippen molar-refractivity contribution in [2.75, 3.05) is 27.4 Å². The van der Waals surface area contributed by atoms with Crippen molar-refractivity contribution in [1.82, 2.24) is 4.90 Å². The van der Waals surface area contributed by atoms with Crippen molar-refractivity contribution in [3.05, 3.63) is 63.5 Å². The van der Waals surface area contributed by atoms with E-state index in [2.05, 4.69) is 0 Å². The van der Waals surface area contributed by atoms with Gasteiger partial charge in [-0.2, -0.15) is 0 Å². The van der Waals surface area contributed by atoms with Gasteiger partial charge in [0.05, 0.1) is 20.3 Å². The highest BCUT2D eigenvalue weighted by Gasteiger charge is 2.33. The van der Waals surface area contributed by atoms with Gasteiger partial charge in [-0.15, -0.1) is 0 Å². The minimum Gasteiger partial charge on any atom is -0.493 e. The molecule has 1 aliphatic heterocycles. The molecule has 0 aliphatic carbocycles. The Kier molecular flexibility index (Phi) is 6.82. The van der Waals surface area contributed by atoms with E-state index in [1.54, 1.807) is 20.3 Å². The second-order valence-electron chi connectivity index (χ2n) is 9.07. The summed E-state index contributed by atoms with van der Waals surface area (Å²) in [7, 11) is 3.22. The number of hydrogen-bond acceptors (Lipinski definition) is 6. The van der Waals surface area contributed by atoms with Crippen LogP contribution in [0.5, 0.6) is 17.2 Å². The van der Waals surface area contributed by atoms with E-state index in [0.29, 0.717) is 35.8 Å². The zero-order valence-electron chi connectivity index (χ0n) is 20.3. The lowest BCUT2D eigenvalue weighted by molar-refractivity contribution is -0.135. The normalized spacial score (nSPS) is 15.4. The van der Waals surface area contributed by atoms with Crippen LogP contribution in [-0.2, 0) is 11.2 Å². The third-order valence-electron chi connectivity index (χ3n) is 6.24. The van der Waals surface area contributed by atoms with E-state index < -0.39 is 5.63 Å². The van der Waals surface area contributed by atoms with Crippen LogP contribution in [0, 0.1) is 12.8 Å². The maximum atomic E-state index is 13.1. The van der Waals surface area contributed by atoms with Crippen LogP contribution in [0.2, 0.25) is 0 Å². The number of aryl methyl sites for hydroxylation is 1. The van der Waals surface area contributed by atoms with Crippen molar-refractivity contribution in [1.29, 1.82) is 0 Å². The van der Waals surface area contributed by atoms with Gasteiger partial charge in [0.2, 0.25) is 5.91 Å². The van der Waals surface area contributed by atoms with E-state index in [1.165, 1.54) is 6.07 Å². The number of carbonyl (C=O) groups is 1. The molecule has 2 aromatic carbocycles. The Morgan fingerprint density at radius 3 is 2.56 bits per heavy atom. The molecule has 0 fully saturated rings. The van der Waals surface area contributed by atoms with E-state index in [4.69, 9.17) is 18.6 Å². The number of rotatable bonds is 7. The molecule has 0 spiro atoms. The Labute approximate surface area is 199 Å². The summed E-state index contributed by atoms with van der Waals surface area (Å²) in [5.74, 6) is 2.22. The Morgan fingerprint density at radius 1 is 1.12 bits per heavy atom. The second kappa shape index (κ2) is 9.79. The number of ether oxygens (including phenoxy) is 3. The number of amides is 1. The van der Waals surface area contributed by atoms with Gasteiger partial charge in [0.1, 0.15) is 17.9 Å². The summed E-state index contributed by atoms with van der Waals surface area (Å²) in [4.78, 5) is 26.8. The molecule has 0 saturated carbocycles. The summed E-state index contributed by atoms with van der Waals surface area (Å²) in [5.41, 5.74) is 3.04. The summed E-state index contributed by atoms with van der Waals surface area (Å²) in [6.45, 7) is 6.82. The minimum absolute atomic E-state index is 0.101. The van der Waals surface area contributed by atoms with Gasteiger partial charge in [0.15, 0.2) is 11.5 Å². The SMILES string of the molecule is COc1cc2c(cc1OC)[C@H](COc1ccc3c(C)cc(=O)oc3c1)N(C(=O)CC(C)C)CC2. The highest BCUT2D eigenvalue weighted by atomic mass is 16.5. The molecule has 7 heteroatoms. The van der Waals surface area contributed by atoms with Gasteiger partial charge < -0.3 is 23.5 Å². The van der Waals surface area contributed by atoms with Crippen molar-refractivity contribution in [2.24, 2.45) is 5.92 Å².